The molecule has 1 aromatic heterocycles. The Balaban J connectivity index is 2.88. The Kier molecular flexibility index (Phi) is 4.71. The molecule has 96 valence electrons. The Hall–Kier alpha value is -0.870. The minimum atomic E-state index is -0.189. The molecule has 2 N–H and O–H groups in total. The molecule has 5 heteroatoms. The van der Waals surface area contributed by atoms with Crippen molar-refractivity contribution in [3.63, 3.8) is 0 Å². The van der Waals surface area contributed by atoms with Gasteiger partial charge in [-0.2, -0.15) is 0 Å². The van der Waals surface area contributed by atoms with Gasteiger partial charge in [0.15, 0.2) is 0 Å². The first-order valence-corrected chi connectivity index (χ1v) is 6.10. The maximum atomic E-state index is 9.21. The number of halogens is 1. The van der Waals surface area contributed by atoms with Crippen molar-refractivity contribution in [1.82, 2.24) is 9.97 Å². The van der Waals surface area contributed by atoms with E-state index >= 15 is 0 Å². The zero-order chi connectivity index (χ0) is 13.1. The normalized spacial score (nSPS) is 11.9. The second-order valence-electron chi connectivity index (χ2n) is 5.26. The maximum absolute atomic E-state index is 9.21. The monoisotopic (exact) mass is 257 g/mol. The number of aromatic nitrogens is 2. The van der Waals surface area contributed by atoms with E-state index < -0.39 is 0 Å². The van der Waals surface area contributed by atoms with Crippen LogP contribution in [0.15, 0.2) is 6.33 Å². The molecule has 1 heterocycles. The van der Waals surface area contributed by atoms with Gasteiger partial charge in [-0.1, -0.05) is 39.3 Å². The van der Waals surface area contributed by atoms with E-state index in [0.717, 1.165) is 11.4 Å². The first kappa shape index (κ1) is 14.2. The zero-order valence-electron chi connectivity index (χ0n) is 10.8. The van der Waals surface area contributed by atoms with Crippen molar-refractivity contribution < 1.29 is 5.11 Å². The molecular weight excluding hydrogens is 238 g/mol. The van der Waals surface area contributed by atoms with Gasteiger partial charge in [-0.15, -0.1) is 0 Å². The number of hydrogen-bond acceptors (Lipinski definition) is 4. The topological polar surface area (TPSA) is 58.0 Å². The van der Waals surface area contributed by atoms with Crippen LogP contribution in [-0.2, 0) is 0 Å². The van der Waals surface area contributed by atoms with E-state index in [9.17, 15) is 5.11 Å². The van der Waals surface area contributed by atoms with Gasteiger partial charge in [-0.05, 0) is 5.92 Å². The lowest BCUT2D eigenvalue weighted by Crippen LogP contribution is -2.27. The lowest BCUT2D eigenvalue weighted by molar-refractivity contribution is 0.170. The fourth-order valence-corrected chi connectivity index (χ4v) is 1.76. The van der Waals surface area contributed by atoms with Crippen molar-refractivity contribution >= 4 is 17.4 Å². The molecule has 0 radical (unpaired) electrons. The summed E-state index contributed by atoms with van der Waals surface area (Å²) in [5.41, 5.74) is 0.731. The standard InChI is InChI=1S/C12H20ClN3O/c1-8(2)9-10(13)15-7-16-11(9)14-5-12(3,4)6-17/h7-8,17H,5-6H2,1-4H3,(H,14,15,16). The summed E-state index contributed by atoms with van der Waals surface area (Å²) in [6.07, 6.45) is 1.45. The number of nitrogens with zero attached hydrogens (tertiary/aromatic N) is 2. The third-order valence-electron chi connectivity index (χ3n) is 2.58. The molecule has 0 aliphatic heterocycles. The van der Waals surface area contributed by atoms with Gasteiger partial charge in [0.25, 0.3) is 0 Å². The minimum Gasteiger partial charge on any atom is -0.396 e. The van der Waals surface area contributed by atoms with Gasteiger partial charge < -0.3 is 10.4 Å². The molecule has 0 aliphatic carbocycles. The predicted molar refractivity (Wildman–Crippen MR) is 70.5 cm³/mol. The van der Waals surface area contributed by atoms with Crippen molar-refractivity contribution in [2.75, 3.05) is 18.5 Å². The summed E-state index contributed by atoms with van der Waals surface area (Å²) in [4.78, 5) is 8.20. The second kappa shape index (κ2) is 5.65. The number of nitrogens with one attached hydrogen (secondary N) is 1. The van der Waals surface area contributed by atoms with Gasteiger partial charge >= 0.3 is 0 Å². The van der Waals surface area contributed by atoms with Crippen molar-refractivity contribution in [1.29, 1.82) is 0 Å². The molecule has 17 heavy (non-hydrogen) atoms. The predicted octanol–water partition coefficient (Wildman–Crippen LogP) is 2.68. The van der Waals surface area contributed by atoms with Crippen LogP contribution >= 0.6 is 11.6 Å². The summed E-state index contributed by atoms with van der Waals surface area (Å²) in [5, 5.41) is 12.9. The van der Waals surface area contributed by atoms with E-state index in [4.69, 9.17) is 11.6 Å². The van der Waals surface area contributed by atoms with E-state index in [-0.39, 0.29) is 17.9 Å². The molecule has 0 saturated carbocycles. The van der Waals surface area contributed by atoms with Crippen LogP contribution in [0.4, 0.5) is 5.82 Å². The number of anilines is 1. The Labute approximate surface area is 107 Å². The van der Waals surface area contributed by atoms with Gasteiger partial charge in [0.05, 0.1) is 0 Å². The molecule has 0 unspecified atom stereocenters. The minimum absolute atomic E-state index is 0.121. The van der Waals surface area contributed by atoms with Crippen LogP contribution in [0.1, 0.15) is 39.2 Å². The highest BCUT2D eigenvalue weighted by molar-refractivity contribution is 6.30. The molecule has 0 spiro atoms. The van der Waals surface area contributed by atoms with Crippen LogP contribution in [0.5, 0.6) is 0 Å². The SMILES string of the molecule is CC(C)c1c(Cl)ncnc1NCC(C)(C)CO. The Morgan fingerprint density at radius 1 is 1.41 bits per heavy atom. The molecule has 0 amide bonds. The smallest absolute Gasteiger partial charge is 0.138 e. The van der Waals surface area contributed by atoms with Gasteiger partial charge in [-0.25, -0.2) is 9.97 Å². The number of hydrogen-bond donors (Lipinski definition) is 2. The number of rotatable bonds is 5. The Morgan fingerprint density at radius 2 is 2.06 bits per heavy atom. The summed E-state index contributed by atoms with van der Waals surface area (Å²) in [6.45, 7) is 8.82. The lowest BCUT2D eigenvalue weighted by Gasteiger charge is -2.23. The van der Waals surface area contributed by atoms with Crippen LogP contribution in [0.3, 0.4) is 0 Å². The van der Waals surface area contributed by atoms with Crippen molar-refractivity contribution in [3.8, 4) is 0 Å². The molecule has 0 bridgehead atoms. The highest BCUT2D eigenvalue weighted by atomic mass is 35.5. The number of aliphatic hydroxyl groups excluding tert-OH is 1. The van der Waals surface area contributed by atoms with Crippen molar-refractivity contribution in [3.05, 3.63) is 17.0 Å². The largest absolute Gasteiger partial charge is 0.396 e. The zero-order valence-corrected chi connectivity index (χ0v) is 11.5. The molecule has 0 aromatic carbocycles. The average Bonchev–Trinajstić information content (AvgIpc) is 2.26. The van der Waals surface area contributed by atoms with E-state index in [1.165, 1.54) is 6.33 Å². The quantitative estimate of drug-likeness (QED) is 0.797. The van der Waals surface area contributed by atoms with E-state index in [2.05, 4.69) is 15.3 Å². The molecule has 0 atom stereocenters. The second-order valence-corrected chi connectivity index (χ2v) is 5.62. The fraction of sp³-hybridized carbons (Fsp3) is 0.667. The maximum Gasteiger partial charge on any atom is 0.138 e. The summed E-state index contributed by atoms with van der Waals surface area (Å²) in [5.74, 6) is 1.00. The first-order valence-electron chi connectivity index (χ1n) is 5.72. The van der Waals surface area contributed by atoms with E-state index in [1.807, 2.05) is 27.7 Å². The lowest BCUT2D eigenvalue weighted by atomic mass is 9.95. The number of aliphatic hydroxyl groups is 1. The molecule has 0 fully saturated rings. The fourth-order valence-electron chi connectivity index (χ4n) is 1.41. The van der Waals surface area contributed by atoms with Gasteiger partial charge in [0.2, 0.25) is 0 Å². The highest BCUT2D eigenvalue weighted by Crippen LogP contribution is 2.28. The van der Waals surface area contributed by atoms with Gasteiger partial charge in [-0.3, -0.25) is 0 Å². The summed E-state index contributed by atoms with van der Waals surface area (Å²) in [6, 6.07) is 0. The molecule has 0 saturated heterocycles. The molecule has 4 nitrogen and oxygen atoms in total. The van der Waals surface area contributed by atoms with Crippen LogP contribution in [0, 0.1) is 5.41 Å². The summed E-state index contributed by atoms with van der Waals surface area (Å²) < 4.78 is 0. The Bertz CT molecular complexity index is 380. The van der Waals surface area contributed by atoms with Gasteiger partial charge in [0, 0.05) is 24.1 Å². The Morgan fingerprint density at radius 3 is 2.59 bits per heavy atom. The van der Waals surface area contributed by atoms with E-state index in [0.29, 0.717) is 11.7 Å². The van der Waals surface area contributed by atoms with Crippen molar-refractivity contribution in [2.45, 2.75) is 33.6 Å². The average molecular weight is 258 g/mol. The van der Waals surface area contributed by atoms with Crippen LogP contribution in [0.2, 0.25) is 5.15 Å². The van der Waals surface area contributed by atoms with Gasteiger partial charge in [0.1, 0.15) is 17.3 Å². The highest BCUT2D eigenvalue weighted by Gasteiger charge is 2.19. The molecule has 1 rings (SSSR count). The van der Waals surface area contributed by atoms with Crippen LogP contribution in [-0.4, -0.2) is 28.2 Å². The molecule has 1 aromatic rings. The summed E-state index contributed by atoms with van der Waals surface area (Å²) >= 11 is 6.07. The third kappa shape index (κ3) is 3.82. The van der Waals surface area contributed by atoms with Crippen LogP contribution in [0.25, 0.3) is 0 Å². The van der Waals surface area contributed by atoms with Crippen LogP contribution < -0.4 is 5.32 Å². The molecular formula is C12H20ClN3O. The molecule has 0 aliphatic rings. The van der Waals surface area contributed by atoms with E-state index in [1.54, 1.807) is 0 Å². The third-order valence-corrected chi connectivity index (χ3v) is 2.88. The summed E-state index contributed by atoms with van der Waals surface area (Å²) in [7, 11) is 0. The van der Waals surface area contributed by atoms with Crippen molar-refractivity contribution in [2.24, 2.45) is 5.41 Å². The first-order chi connectivity index (χ1) is 7.87.